The summed E-state index contributed by atoms with van der Waals surface area (Å²) in [5, 5.41) is 2.91. The average Bonchev–Trinajstić information content (AvgIpc) is 2.56. The maximum Gasteiger partial charge on any atom is 0.412 e. The zero-order chi connectivity index (χ0) is 17.7. The van der Waals surface area contributed by atoms with Crippen LogP contribution < -0.4 is 14.8 Å². The molecule has 2 rings (SSSR count). The van der Waals surface area contributed by atoms with Crippen molar-refractivity contribution >= 4 is 17.7 Å². The van der Waals surface area contributed by atoms with E-state index in [1.165, 1.54) is 18.2 Å². The van der Waals surface area contributed by atoms with Crippen molar-refractivity contribution in [2.75, 3.05) is 7.05 Å². The van der Waals surface area contributed by atoms with Crippen molar-refractivity contribution < 1.29 is 14.3 Å². The zero-order valence-corrected chi connectivity index (χ0v) is 15.2. The molecule has 0 unspecified atom stereocenters. The Hall–Kier alpha value is -2.20. The molecule has 0 fully saturated rings. The van der Waals surface area contributed by atoms with Gasteiger partial charge in [-0.05, 0) is 55.2 Å². The van der Waals surface area contributed by atoms with Crippen LogP contribution in [0.25, 0.3) is 0 Å². The number of amides is 1. The normalized spacial score (nSPS) is 10.4. The highest BCUT2D eigenvalue weighted by Gasteiger charge is 2.13. The summed E-state index contributed by atoms with van der Waals surface area (Å²) in [6.07, 6.45) is 0.444. The van der Waals surface area contributed by atoms with E-state index in [1.807, 2.05) is 13.0 Å². The van der Waals surface area contributed by atoms with E-state index in [0.717, 1.165) is 17.7 Å². The summed E-state index contributed by atoms with van der Waals surface area (Å²) in [4.78, 5) is 11.5. The number of carbonyl (C=O) groups excluding carboxylic acids is 1. The number of nitrogens with one attached hydrogen (secondary N) is 1. The fourth-order valence-corrected chi connectivity index (χ4v) is 2.68. The summed E-state index contributed by atoms with van der Waals surface area (Å²) in [5.74, 6) is 1.19. The average molecular weight is 348 g/mol. The van der Waals surface area contributed by atoms with Crippen molar-refractivity contribution in [3.8, 4) is 11.5 Å². The molecule has 2 aromatic carbocycles. The molecule has 0 bridgehead atoms. The minimum Gasteiger partial charge on any atom is -0.488 e. The topological polar surface area (TPSA) is 47.6 Å². The van der Waals surface area contributed by atoms with Gasteiger partial charge in [-0.3, -0.25) is 0 Å². The molecule has 1 amide bonds. The quantitative estimate of drug-likeness (QED) is 0.843. The highest BCUT2D eigenvalue weighted by atomic mass is 35.5. The molecule has 4 nitrogen and oxygen atoms in total. The van der Waals surface area contributed by atoms with Gasteiger partial charge in [0.2, 0.25) is 0 Å². The number of ether oxygens (including phenoxy) is 2. The Morgan fingerprint density at radius 2 is 1.92 bits per heavy atom. The summed E-state index contributed by atoms with van der Waals surface area (Å²) in [6, 6.07) is 9.34. The molecule has 0 saturated carbocycles. The molecule has 0 aliphatic heterocycles. The van der Waals surface area contributed by atoms with Gasteiger partial charge in [0.15, 0.2) is 0 Å². The van der Waals surface area contributed by atoms with E-state index < -0.39 is 6.09 Å². The van der Waals surface area contributed by atoms with Gasteiger partial charge in [-0.2, -0.15) is 0 Å². The van der Waals surface area contributed by atoms with E-state index in [9.17, 15) is 4.79 Å². The molecule has 0 aliphatic carbocycles. The Balaban J connectivity index is 2.23. The first-order valence-electron chi connectivity index (χ1n) is 7.86. The van der Waals surface area contributed by atoms with Gasteiger partial charge in [-0.15, -0.1) is 0 Å². The Kier molecular flexibility index (Phi) is 6.10. The lowest BCUT2D eigenvalue weighted by molar-refractivity contribution is 0.201. The molecule has 0 atom stereocenters. The van der Waals surface area contributed by atoms with E-state index in [4.69, 9.17) is 21.1 Å². The molecular formula is C19H22ClNO3. The molecule has 0 spiro atoms. The Labute approximate surface area is 147 Å². The number of rotatable bonds is 5. The van der Waals surface area contributed by atoms with Crippen LogP contribution in [0.15, 0.2) is 30.3 Å². The molecule has 24 heavy (non-hydrogen) atoms. The van der Waals surface area contributed by atoms with Crippen molar-refractivity contribution in [1.82, 2.24) is 5.32 Å². The van der Waals surface area contributed by atoms with Crippen LogP contribution in [0, 0.1) is 13.8 Å². The molecule has 0 heterocycles. The van der Waals surface area contributed by atoms with Gasteiger partial charge in [-0.25, -0.2) is 4.79 Å². The first kappa shape index (κ1) is 18.1. The minimum absolute atomic E-state index is 0.220. The van der Waals surface area contributed by atoms with Crippen molar-refractivity contribution in [3.63, 3.8) is 0 Å². The zero-order valence-electron chi connectivity index (χ0n) is 14.4. The Bertz CT molecular complexity index is 744. The van der Waals surface area contributed by atoms with Crippen LogP contribution in [-0.4, -0.2) is 13.1 Å². The minimum atomic E-state index is -0.544. The van der Waals surface area contributed by atoms with Crippen molar-refractivity contribution in [2.24, 2.45) is 0 Å². The second-order valence-corrected chi connectivity index (χ2v) is 5.95. The lowest BCUT2D eigenvalue weighted by Gasteiger charge is -2.15. The molecule has 2 aromatic rings. The maximum absolute atomic E-state index is 11.5. The van der Waals surface area contributed by atoms with Crippen molar-refractivity contribution in [2.45, 2.75) is 33.8 Å². The standard InChI is InChI=1S/C19H22ClNO3/c1-5-14-9-13(3)18(10-12(14)2)23-11-15-16(20)7-6-8-17(15)24-19(22)21-4/h6-10H,5,11H2,1-4H3,(H,21,22). The number of benzene rings is 2. The second kappa shape index (κ2) is 8.06. The smallest absolute Gasteiger partial charge is 0.412 e. The molecule has 0 aromatic heterocycles. The summed E-state index contributed by atoms with van der Waals surface area (Å²) in [7, 11) is 1.50. The first-order chi connectivity index (χ1) is 11.5. The molecular weight excluding hydrogens is 326 g/mol. The van der Waals surface area contributed by atoms with Gasteiger partial charge in [0, 0.05) is 7.05 Å². The van der Waals surface area contributed by atoms with E-state index in [2.05, 4.69) is 25.2 Å². The molecule has 128 valence electrons. The predicted molar refractivity (Wildman–Crippen MR) is 96.2 cm³/mol. The van der Waals surface area contributed by atoms with Crippen LogP contribution in [0.5, 0.6) is 11.5 Å². The van der Waals surface area contributed by atoms with E-state index in [0.29, 0.717) is 16.3 Å². The predicted octanol–water partition coefficient (Wildman–Crippen LogP) is 4.82. The van der Waals surface area contributed by atoms with Gasteiger partial charge in [0.25, 0.3) is 0 Å². The third-order valence-electron chi connectivity index (χ3n) is 3.87. The van der Waals surface area contributed by atoms with Gasteiger partial charge >= 0.3 is 6.09 Å². The van der Waals surface area contributed by atoms with Crippen LogP contribution in [0.2, 0.25) is 5.02 Å². The molecule has 1 N–H and O–H groups in total. The van der Waals surface area contributed by atoms with Crippen LogP contribution in [0.4, 0.5) is 4.79 Å². The van der Waals surface area contributed by atoms with E-state index in [-0.39, 0.29) is 6.61 Å². The summed E-state index contributed by atoms with van der Waals surface area (Å²) in [5.41, 5.74) is 4.21. The third kappa shape index (κ3) is 4.20. The summed E-state index contributed by atoms with van der Waals surface area (Å²) < 4.78 is 11.2. The third-order valence-corrected chi connectivity index (χ3v) is 4.22. The molecule has 0 radical (unpaired) electrons. The largest absolute Gasteiger partial charge is 0.488 e. The van der Waals surface area contributed by atoms with Crippen molar-refractivity contribution in [1.29, 1.82) is 0 Å². The fourth-order valence-electron chi connectivity index (χ4n) is 2.46. The van der Waals surface area contributed by atoms with Crippen LogP contribution in [0.3, 0.4) is 0 Å². The highest BCUT2D eigenvalue weighted by molar-refractivity contribution is 6.31. The Morgan fingerprint density at radius 3 is 2.58 bits per heavy atom. The van der Waals surface area contributed by atoms with Crippen molar-refractivity contribution in [3.05, 3.63) is 57.6 Å². The number of hydrogen-bond acceptors (Lipinski definition) is 3. The SMILES string of the molecule is CCc1cc(C)c(OCc2c(Cl)cccc2OC(=O)NC)cc1C. The second-order valence-electron chi connectivity index (χ2n) is 5.54. The molecule has 0 saturated heterocycles. The van der Waals surface area contributed by atoms with Gasteiger partial charge in [0.05, 0.1) is 10.6 Å². The number of halogens is 1. The fraction of sp³-hybridized carbons (Fsp3) is 0.316. The highest BCUT2D eigenvalue weighted by Crippen LogP contribution is 2.30. The summed E-state index contributed by atoms with van der Waals surface area (Å²) >= 11 is 6.25. The molecule has 0 aliphatic rings. The molecule has 5 heteroatoms. The number of aryl methyl sites for hydroxylation is 3. The van der Waals surface area contributed by atoms with Gasteiger partial charge in [0.1, 0.15) is 18.1 Å². The van der Waals surface area contributed by atoms with E-state index in [1.54, 1.807) is 18.2 Å². The Morgan fingerprint density at radius 1 is 1.17 bits per heavy atom. The van der Waals surface area contributed by atoms with Crippen LogP contribution in [0.1, 0.15) is 29.2 Å². The number of hydrogen-bond donors (Lipinski definition) is 1. The van der Waals surface area contributed by atoms with Crippen LogP contribution >= 0.6 is 11.6 Å². The lowest BCUT2D eigenvalue weighted by Crippen LogP contribution is -2.22. The van der Waals surface area contributed by atoms with E-state index >= 15 is 0 Å². The van der Waals surface area contributed by atoms with Gasteiger partial charge < -0.3 is 14.8 Å². The lowest BCUT2D eigenvalue weighted by atomic mass is 10.0. The summed E-state index contributed by atoms with van der Waals surface area (Å²) in [6.45, 7) is 6.44. The van der Waals surface area contributed by atoms with Crippen LogP contribution in [-0.2, 0) is 13.0 Å². The monoisotopic (exact) mass is 347 g/mol. The first-order valence-corrected chi connectivity index (χ1v) is 8.24. The van der Waals surface area contributed by atoms with Gasteiger partial charge in [-0.1, -0.05) is 30.7 Å². The maximum atomic E-state index is 11.5. The number of carbonyl (C=O) groups is 1.